The SMILES string of the molecule is O=C1C(C2=CN=CC2)=C(O)C1c1cnc[nH]1.O=C1C(c2cnc[nH]2)=C(O)C1c1cnc[nH]1.O=C1C(c2cnco2)=C(O)C1c1cnco1.O=C1C(c2cncs2)=C(O)C1c1cncs1.O=C1C(c2sc3ccccc3c2O)=C(O)C1c1sc2ccccc2c1O.O=C1C=C(O)C1.c1cn[nH]c1.c1cn[nH]c1. The molecule has 0 amide bonds. The number of aliphatic imine (C=N–C) groups is 1. The number of aromatic nitrogens is 14. The molecule has 31 nitrogen and oxygen atoms in total. The molecule has 13 aromatic rings. The van der Waals surface area contributed by atoms with Crippen molar-refractivity contribution >= 4 is 129 Å². The van der Waals surface area contributed by atoms with E-state index in [1.807, 2.05) is 48.5 Å². The number of aromatic amines is 5. The predicted octanol–water partition coefficient (Wildman–Crippen LogP) is 11.9. The number of allylic oxidation sites excluding steroid dienone is 13. The van der Waals surface area contributed by atoms with E-state index in [0.29, 0.717) is 66.5 Å². The molecule has 12 heterocycles. The van der Waals surface area contributed by atoms with Gasteiger partial charge < -0.3 is 64.6 Å². The molecular weight excluding hydrogens is 1450 g/mol. The van der Waals surface area contributed by atoms with Crippen molar-refractivity contribution in [3.63, 3.8) is 0 Å². The summed E-state index contributed by atoms with van der Waals surface area (Å²) in [7, 11) is 0. The maximum atomic E-state index is 12.8. The number of aliphatic hydroxyl groups is 6. The molecule has 35 heteroatoms. The van der Waals surface area contributed by atoms with Gasteiger partial charge in [-0.2, -0.15) is 10.2 Å². The minimum absolute atomic E-state index is 0.0134. The molecule has 0 saturated heterocycles. The topological polar surface area (TPSA) is 498 Å². The summed E-state index contributed by atoms with van der Waals surface area (Å²) in [4.78, 5) is 111. The number of benzene rings is 2. The van der Waals surface area contributed by atoms with Crippen LogP contribution in [0.15, 0.2) is 243 Å². The molecule has 0 fully saturated rings. The average Bonchev–Trinajstić information content (AvgIpc) is 1.53. The minimum atomic E-state index is -0.869. The van der Waals surface area contributed by atoms with Crippen molar-refractivity contribution in [2.45, 2.75) is 42.4 Å². The Morgan fingerprint density at radius 2 is 1.04 bits per heavy atom. The van der Waals surface area contributed by atoms with Crippen molar-refractivity contribution in [2.24, 2.45) is 4.99 Å². The van der Waals surface area contributed by atoms with Crippen LogP contribution in [0.25, 0.3) is 42.5 Å². The second kappa shape index (κ2) is 31.3. The standard InChI is InChI=1S/C20H12O4S2.C11H9N3O2.C10H8N4O2.C10H6N2O4.C10H6N2O2S2.C4H4O2.2C3H4N2/c21-15-9-5-1-3-7-11(9)25-19(15)13-17(23)14(18(13)24)20-16(22)10-6-2-4-8-12(10)26-20;15-10-8(6-1-2-12-3-6)11(16)9(10)7-4-13-5-14-7;15-9-7(5-1-11-3-13-5)10(16)8(9)6-2-12-4-14-6;2*13-9-7(5-1-11-3-15-5)10(14)8(9)6-2-12-4-16-6;5-3-1-4(6)2-3;2*1-2-4-5-3-1/h1-8,13,21-23H;2-5,9,15H,1H2,(H,13,14);1-4,7,15H,(H,11,13)(H,12,14);2*1-4,7,13H;1,5H,2H2;2*1-3H,(H,4,5). The maximum absolute atomic E-state index is 12.8. The lowest BCUT2D eigenvalue weighted by molar-refractivity contribution is -0.119. The first-order valence-electron chi connectivity index (χ1n) is 31.3. The summed E-state index contributed by atoms with van der Waals surface area (Å²) in [5.74, 6) is -3.11. The number of Topliss-reactive ketones (excluding diaryl/α,β-unsaturated/α-hetero) is 5. The fourth-order valence-corrected chi connectivity index (χ4v) is 15.1. The Bertz CT molecular complexity index is 5300. The minimum Gasteiger partial charge on any atom is -0.512 e. The molecule has 11 aromatic heterocycles. The van der Waals surface area contributed by atoms with Gasteiger partial charge in [0.05, 0.1) is 109 Å². The zero-order chi connectivity index (χ0) is 74.1. The summed E-state index contributed by atoms with van der Waals surface area (Å²) in [6.45, 7) is 0. The smallest absolute Gasteiger partial charge is 0.188 e. The Balaban J connectivity index is 0.000000112. The van der Waals surface area contributed by atoms with Gasteiger partial charge in [0.25, 0.3) is 0 Å². The third-order valence-electron chi connectivity index (χ3n) is 16.6. The van der Waals surface area contributed by atoms with E-state index in [-0.39, 0.29) is 104 Å². The third-order valence-corrected chi connectivity index (χ3v) is 20.6. The summed E-state index contributed by atoms with van der Waals surface area (Å²) in [5, 5.41) is 92.9. The molecule has 0 spiro atoms. The summed E-state index contributed by atoms with van der Waals surface area (Å²) in [6.07, 6.45) is 29.7. The summed E-state index contributed by atoms with van der Waals surface area (Å²) < 4.78 is 11.6. The van der Waals surface area contributed by atoms with Crippen molar-refractivity contribution < 1.29 is 78.5 Å². The first kappa shape index (κ1) is 70.8. The van der Waals surface area contributed by atoms with Crippen molar-refractivity contribution in [3.05, 3.63) is 278 Å². The molecule has 5 unspecified atom stereocenters. The van der Waals surface area contributed by atoms with E-state index >= 15 is 0 Å². The lowest BCUT2D eigenvalue weighted by Gasteiger charge is -2.27. The molecular formula is C71H53N15O16S4. The number of thiazole rings is 2. The average molecular weight is 1500 g/mol. The van der Waals surface area contributed by atoms with Gasteiger partial charge >= 0.3 is 0 Å². The second-order valence-electron chi connectivity index (χ2n) is 22.9. The number of carbonyl (C=O) groups excluding carboxylic acids is 6. The molecule has 1 aliphatic heterocycles. The van der Waals surface area contributed by atoms with Crippen molar-refractivity contribution in [3.8, 4) is 11.5 Å². The molecule has 7 aliphatic rings. The summed E-state index contributed by atoms with van der Waals surface area (Å²) in [6, 6.07) is 18.3. The van der Waals surface area contributed by atoms with E-state index in [1.54, 1.807) is 78.9 Å². The molecule has 0 radical (unpaired) electrons. The Morgan fingerprint density at radius 3 is 1.49 bits per heavy atom. The largest absolute Gasteiger partial charge is 0.512 e. The van der Waals surface area contributed by atoms with Crippen LogP contribution in [0.1, 0.15) is 90.5 Å². The molecule has 106 heavy (non-hydrogen) atoms. The summed E-state index contributed by atoms with van der Waals surface area (Å²) >= 11 is 5.30. The molecule has 532 valence electrons. The van der Waals surface area contributed by atoms with E-state index in [1.165, 1.54) is 108 Å². The predicted molar refractivity (Wildman–Crippen MR) is 385 cm³/mol. The number of imidazole rings is 3. The van der Waals surface area contributed by atoms with E-state index in [9.17, 15) is 64.5 Å². The number of carbonyl (C=O) groups is 6. The number of hydrogen-bond donors (Lipinski definition) is 13. The van der Waals surface area contributed by atoms with Crippen LogP contribution < -0.4 is 0 Å². The van der Waals surface area contributed by atoms with Gasteiger partial charge in [0.15, 0.2) is 53.2 Å². The van der Waals surface area contributed by atoms with Gasteiger partial charge in [-0.1, -0.05) is 24.3 Å². The zero-order valence-electron chi connectivity index (χ0n) is 54.1. The van der Waals surface area contributed by atoms with Crippen molar-refractivity contribution in [2.75, 3.05) is 0 Å². The van der Waals surface area contributed by atoms with Crippen LogP contribution in [0.4, 0.5) is 0 Å². The number of fused-ring (bicyclic) bond motifs is 2. The van der Waals surface area contributed by atoms with E-state index in [0.717, 1.165) is 24.7 Å². The monoisotopic (exact) mass is 1500 g/mol. The van der Waals surface area contributed by atoms with Crippen molar-refractivity contribution in [1.82, 2.24) is 70.2 Å². The molecule has 6 aliphatic carbocycles. The third kappa shape index (κ3) is 14.1. The number of nitrogens with one attached hydrogen (secondary N) is 5. The number of rotatable bonds is 10. The Hall–Kier alpha value is -13.6. The second-order valence-corrected chi connectivity index (χ2v) is 26.8. The van der Waals surface area contributed by atoms with E-state index in [2.05, 4.69) is 75.2 Å². The maximum Gasteiger partial charge on any atom is 0.188 e. The van der Waals surface area contributed by atoms with Gasteiger partial charge in [0.1, 0.15) is 87.0 Å². The number of thiophene rings is 2. The van der Waals surface area contributed by atoms with Crippen LogP contribution in [0.3, 0.4) is 0 Å². The van der Waals surface area contributed by atoms with Gasteiger partial charge in [0.2, 0.25) is 0 Å². The fourth-order valence-electron chi connectivity index (χ4n) is 11.4. The fraction of sp³-hybridized carbons (Fsp3) is 0.0986. The van der Waals surface area contributed by atoms with Gasteiger partial charge in [-0.3, -0.25) is 53.9 Å². The molecule has 0 saturated carbocycles. The molecule has 5 atom stereocenters. The van der Waals surface area contributed by atoms with Crippen LogP contribution in [0.2, 0.25) is 0 Å². The highest BCUT2D eigenvalue weighted by atomic mass is 32.1. The van der Waals surface area contributed by atoms with Crippen LogP contribution >= 0.6 is 45.3 Å². The van der Waals surface area contributed by atoms with E-state index < -0.39 is 29.6 Å². The number of nitrogens with zero attached hydrogens (tertiary/aromatic N) is 10. The van der Waals surface area contributed by atoms with Crippen molar-refractivity contribution in [1.29, 1.82) is 0 Å². The molecule has 20 rings (SSSR count). The van der Waals surface area contributed by atoms with Crippen LogP contribution in [0, 0.1) is 0 Å². The van der Waals surface area contributed by atoms with Crippen LogP contribution in [-0.4, -0.2) is 152 Å². The van der Waals surface area contributed by atoms with Crippen LogP contribution in [0.5, 0.6) is 11.5 Å². The first-order valence-corrected chi connectivity index (χ1v) is 34.7. The number of hydrogen-bond acceptors (Lipinski definition) is 30. The number of ketones is 6. The highest BCUT2D eigenvalue weighted by Crippen LogP contribution is 2.55. The lowest BCUT2D eigenvalue weighted by atomic mass is 9.76. The number of aliphatic hydroxyl groups excluding tert-OH is 6. The lowest BCUT2D eigenvalue weighted by Crippen LogP contribution is -2.30. The van der Waals surface area contributed by atoms with Gasteiger partial charge in [-0.15, -0.1) is 45.3 Å². The quantitative estimate of drug-likeness (QED) is 0.0605. The summed E-state index contributed by atoms with van der Waals surface area (Å²) in [5.41, 5.74) is 7.27. The Morgan fingerprint density at radius 1 is 0.481 bits per heavy atom. The van der Waals surface area contributed by atoms with E-state index in [4.69, 9.17) is 13.9 Å². The van der Waals surface area contributed by atoms with Crippen LogP contribution in [-0.2, 0) is 28.8 Å². The molecule has 13 N–H and O–H groups in total. The van der Waals surface area contributed by atoms with Gasteiger partial charge in [-0.25, -0.2) is 24.9 Å². The van der Waals surface area contributed by atoms with Gasteiger partial charge in [-0.05, 0) is 42.0 Å². The number of H-pyrrole nitrogens is 5. The number of oxazole rings is 2. The Kier molecular flexibility index (Phi) is 20.9. The molecule has 0 bridgehead atoms. The number of aromatic hydroxyl groups is 2. The normalized spacial score (nSPS) is 18.7. The first-order chi connectivity index (χ1) is 51.5. The van der Waals surface area contributed by atoms with Gasteiger partial charge in [0, 0.05) is 99.5 Å². The highest BCUT2D eigenvalue weighted by molar-refractivity contribution is 7.21. The molecule has 2 aromatic carbocycles. The highest BCUT2D eigenvalue weighted by Gasteiger charge is 2.48. The zero-order valence-corrected chi connectivity index (χ0v) is 57.4. The Labute approximate surface area is 610 Å².